The number of benzene rings is 2. The van der Waals surface area contributed by atoms with Crippen LogP contribution in [0.4, 0.5) is 8.78 Å². The molecule has 0 fully saturated rings. The number of methoxy groups -OCH3 is 1. The second-order valence-electron chi connectivity index (χ2n) is 6.41. The van der Waals surface area contributed by atoms with Gasteiger partial charge in [0.1, 0.15) is 11.6 Å². The summed E-state index contributed by atoms with van der Waals surface area (Å²) in [5.74, 6) is -2.23. The molecule has 0 aromatic heterocycles. The summed E-state index contributed by atoms with van der Waals surface area (Å²) in [5, 5.41) is 0. The summed E-state index contributed by atoms with van der Waals surface area (Å²) in [5.41, 5.74) is 1.88. The number of hydrogen-bond donors (Lipinski definition) is 0. The van der Waals surface area contributed by atoms with Crippen LogP contribution < -0.4 is 0 Å². The first-order valence-corrected chi connectivity index (χ1v) is 8.50. The van der Waals surface area contributed by atoms with Crippen LogP contribution in [0.5, 0.6) is 0 Å². The van der Waals surface area contributed by atoms with Crippen LogP contribution in [-0.4, -0.2) is 23.9 Å². The van der Waals surface area contributed by atoms with Gasteiger partial charge in [0.25, 0.3) is 0 Å². The maximum absolute atomic E-state index is 13.7. The smallest absolute Gasteiger partial charge is 0.336 e. The Morgan fingerprint density at radius 1 is 1.15 bits per heavy atom. The first-order chi connectivity index (χ1) is 12.9. The highest BCUT2D eigenvalue weighted by molar-refractivity contribution is 5.95. The van der Waals surface area contributed by atoms with E-state index in [0.29, 0.717) is 22.4 Å². The maximum atomic E-state index is 13.7. The molecule has 1 amide bonds. The first kappa shape index (κ1) is 18.8. The summed E-state index contributed by atoms with van der Waals surface area (Å²) in [7, 11) is 1.26. The van der Waals surface area contributed by atoms with Crippen molar-refractivity contribution >= 4 is 11.9 Å². The van der Waals surface area contributed by atoms with E-state index in [-0.39, 0.29) is 18.9 Å². The Morgan fingerprint density at radius 3 is 2.44 bits per heavy atom. The van der Waals surface area contributed by atoms with E-state index in [1.165, 1.54) is 36.3 Å². The third-order valence-corrected chi connectivity index (χ3v) is 4.71. The van der Waals surface area contributed by atoms with Gasteiger partial charge in [0.05, 0.1) is 19.2 Å². The Bertz CT molecular complexity index is 923. The number of nitrogens with zero attached hydrogens (tertiary/aromatic N) is 1. The van der Waals surface area contributed by atoms with Crippen LogP contribution in [0.25, 0.3) is 0 Å². The van der Waals surface area contributed by atoms with Gasteiger partial charge in [-0.25, -0.2) is 13.6 Å². The van der Waals surface area contributed by atoms with Crippen molar-refractivity contribution in [3.05, 3.63) is 82.6 Å². The minimum absolute atomic E-state index is 0.000538. The number of esters is 1. The number of rotatable bonds is 4. The van der Waals surface area contributed by atoms with Crippen molar-refractivity contribution in [1.29, 1.82) is 0 Å². The molecule has 1 atom stereocenters. The molecule has 0 bridgehead atoms. The van der Waals surface area contributed by atoms with Gasteiger partial charge in [0.15, 0.2) is 0 Å². The molecule has 0 spiro atoms. The SMILES string of the molecule is COC(=O)C1=C(C)N(Cc2cccc(F)c2)C(=O)C[C@H]1c1cccc(F)c1. The second kappa shape index (κ2) is 7.70. The standard InChI is InChI=1S/C21H19F2NO3/c1-13-20(21(26)27-2)18(15-6-4-8-17(23)10-15)11-19(25)24(13)12-14-5-3-7-16(22)9-14/h3-10,18H,11-12H2,1-2H3/t18-/m0/s1. The van der Waals surface area contributed by atoms with Crippen LogP contribution in [0.3, 0.4) is 0 Å². The number of amides is 1. The molecule has 6 heteroatoms. The average Bonchev–Trinajstić information content (AvgIpc) is 2.64. The third-order valence-electron chi connectivity index (χ3n) is 4.71. The Balaban J connectivity index is 2.03. The lowest BCUT2D eigenvalue weighted by molar-refractivity contribution is -0.138. The predicted molar refractivity (Wildman–Crippen MR) is 95.4 cm³/mol. The molecule has 3 rings (SSSR count). The molecule has 0 radical (unpaired) electrons. The second-order valence-corrected chi connectivity index (χ2v) is 6.41. The molecule has 1 aliphatic heterocycles. The van der Waals surface area contributed by atoms with E-state index in [2.05, 4.69) is 0 Å². The van der Waals surface area contributed by atoms with E-state index in [9.17, 15) is 18.4 Å². The molecule has 2 aromatic carbocycles. The van der Waals surface area contributed by atoms with Crippen molar-refractivity contribution in [2.75, 3.05) is 7.11 Å². The van der Waals surface area contributed by atoms with Gasteiger partial charge in [0, 0.05) is 18.0 Å². The Morgan fingerprint density at radius 2 is 1.81 bits per heavy atom. The molecular weight excluding hydrogens is 352 g/mol. The predicted octanol–water partition coefficient (Wildman–Crippen LogP) is 3.93. The van der Waals surface area contributed by atoms with E-state index in [4.69, 9.17) is 4.74 Å². The van der Waals surface area contributed by atoms with Gasteiger partial charge in [-0.15, -0.1) is 0 Å². The summed E-state index contributed by atoms with van der Waals surface area (Å²) in [6, 6.07) is 11.8. The van der Waals surface area contributed by atoms with Gasteiger partial charge in [-0.1, -0.05) is 24.3 Å². The minimum atomic E-state index is -0.593. The van der Waals surface area contributed by atoms with Gasteiger partial charge in [-0.3, -0.25) is 4.79 Å². The van der Waals surface area contributed by atoms with Crippen LogP contribution in [0.15, 0.2) is 59.8 Å². The number of hydrogen-bond acceptors (Lipinski definition) is 3. The molecular formula is C21H19F2NO3. The van der Waals surface area contributed by atoms with Crippen LogP contribution in [0.2, 0.25) is 0 Å². The molecule has 0 saturated carbocycles. The number of carbonyl (C=O) groups is 2. The van der Waals surface area contributed by atoms with Crippen LogP contribution >= 0.6 is 0 Å². The highest BCUT2D eigenvalue weighted by Gasteiger charge is 2.36. The lowest BCUT2D eigenvalue weighted by Crippen LogP contribution is -2.38. The van der Waals surface area contributed by atoms with Crippen molar-refractivity contribution in [1.82, 2.24) is 4.90 Å². The third kappa shape index (κ3) is 3.89. The van der Waals surface area contributed by atoms with Crippen molar-refractivity contribution in [2.24, 2.45) is 0 Å². The van der Waals surface area contributed by atoms with E-state index in [1.807, 2.05) is 0 Å². The Labute approximate surface area is 156 Å². The fourth-order valence-corrected chi connectivity index (χ4v) is 3.40. The molecule has 4 nitrogen and oxygen atoms in total. The molecule has 27 heavy (non-hydrogen) atoms. The first-order valence-electron chi connectivity index (χ1n) is 8.50. The van der Waals surface area contributed by atoms with E-state index < -0.39 is 23.5 Å². The van der Waals surface area contributed by atoms with Gasteiger partial charge >= 0.3 is 5.97 Å². The fourth-order valence-electron chi connectivity index (χ4n) is 3.40. The van der Waals surface area contributed by atoms with Gasteiger partial charge < -0.3 is 9.64 Å². The van der Waals surface area contributed by atoms with Crippen molar-refractivity contribution in [2.45, 2.75) is 25.8 Å². The quantitative estimate of drug-likeness (QED) is 0.765. The summed E-state index contributed by atoms with van der Waals surface area (Å²) >= 11 is 0. The van der Waals surface area contributed by atoms with E-state index >= 15 is 0 Å². The normalized spacial score (nSPS) is 17.3. The molecule has 2 aromatic rings. The monoisotopic (exact) mass is 371 g/mol. The number of carbonyl (C=O) groups excluding carboxylic acids is 2. The number of allylic oxidation sites excluding steroid dienone is 1. The lowest BCUT2D eigenvalue weighted by Gasteiger charge is -2.34. The van der Waals surface area contributed by atoms with Gasteiger partial charge in [0.2, 0.25) is 5.91 Å². The zero-order chi connectivity index (χ0) is 19.6. The number of ether oxygens (including phenoxy) is 1. The van der Waals surface area contributed by atoms with E-state index in [0.717, 1.165) is 0 Å². The van der Waals surface area contributed by atoms with Crippen molar-refractivity contribution in [3.63, 3.8) is 0 Å². The van der Waals surface area contributed by atoms with Crippen molar-refractivity contribution in [3.8, 4) is 0 Å². The van der Waals surface area contributed by atoms with Crippen LogP contribution in [0.1, 0.15) is 30.4 Å². The lowest BCUT2D eigenvalue weighted by atomic mass is 9.83. The Kier molecular flexibility index (Phi) is 5.35. The number of halogens is 2. The van der Waals surface area contributed by atoms with Gasteiger partial charge in [-0.2, -0.15) is 0 Å². The van der Waals surface area contributed by atoms with Crippen molar-refractivity contribution < 1.29 is 23.1 Å². The molecule has 0 saturated heterocycles. The highest BCUT2D eigenvalue weighted by atomic mass is 19.1. The minimum Gasteiger partial charge on any atom is -0.466 e. The van der Waals surface area contributed by atoms with Crippen LogP contribution in [-0.2, 0) is 20.9 Å². The molecule has 0 unspecified atom stereocenters. The fraction of sp³-hybridized carbons (Fsp3) is 0.238. The molecule has 0 N–H and O–H groups in total. The Hall–Kier alpha value is -3.02. The molecule has 0 aliphatic carbocycles. The maximum Gasteiger partial charge on any atom is 0.336 e. The topological polar surface area (TPSA) is 46.6 Å². The van der Waals surface area contributed by atoms with Crippen LogP contribution in [0, 0.1) is 11.6 Å². The average molecular weight is 371 g/mol. The van der Waals surface area contributed by atoms with E-state index in [1.54, 1.807) is 31.2 Å². The largest absolute Gasteiger partial charge is 0.466 e. The summed E-state index contributed by atoms with van der Waals surface area (Å²) in [6.07, 6.45) is 0.000538. The summed E-state index contributed by atoms with van der Waals surface area (Å²) in [4.78, 5) is 26.6. The zero-order valence-electron chi connectivity index (χ0n) is 15.0. The van der Waals surface area contributed by atoms with Gasteiger partial charge in [-0.05, 0) is 42.3 Å². The molecule has 140 valence electrons. The molecule has 1 heterocycles. The highest BCUT2D eigenvalue weighted by Crippen LogP contribution is 2.37. The summed E-state index contributed by atoms with van der Waals surface area (Å²) in [6.45, 7) is 1.79. The summed E-state index contributed by atoms with van der Waals surface area (Å²) < 4.78 is 32.0. The zero-order valence-corrected chi connectivity index (χ0v) is 15.0. The molecule has 1 aliphatic rings.